The van der Waals surface area contributed by atoms with Gasteiger partial charge in [-0.3, -0.25) is 0 Å². The zero-order valence-corrected chi connectivity index (χ0v) is 33.9. The number of hydrogen-bond acceptors (Lipinski definition) is 3. The SMILES string of the molecule is c1cc(-c2ccc3oc4ccccc4c3c2)cc(N(c2ccc(-c3ccc(-c4ccc5ccccc5c4)cc3)cc2)c2cccc(-c3cccc4sc5ccccc5c34)c2)c1. The van der Waals surface area contributed by atoms with E-state index in [-0.39, 0.29) is 0 Å². The van der Waals surface area contributed by atoms with Crippen LogP contribution in [0.4, 0.5) is 17.1 Å². The number of fused-ring (bicyclic) bond motifs is 7. The Morgan fingerprint density at radius 1 is 0.311 bits per heavy atom. The molecular formula is C58H37NOS. The maximum atomic E-state index is 6.19. The maximum Gasteiger partial charge on any atom is 0.135 e. The van der Waals surface area contributed by atoms with Gasteiger partial charge in [-0.1, -0.05) is 152 Å². The summed E-state index contributed by atoms with van der Waals surface area (Å²) in [5.74, 6) is 0. The maximum absolute atomic E-state index is 6.19. The van der Waals surface area contributed by atoms with Crippen LogP contribution in [0, 0.1) is 0 Å². The van der Waals surface area contributed by atoms with Crippen molar-refractivity contribution in [3.8, 4) is 44.5 Å². The molecule has 0 unspecified atom stereocenters. The van der Waals surface area contributed by atoms with Crippen LogP contribution in [-0.2, 0) is 0 Å². The molecule has 0 spiro atoms. The Morgan fingerprint density at radius 2 is 0.869 bits per heavy atom. The predicted octanol–water partition coefficient (Wildman–Crippen LogP) is 17.2. The summed E-state index contributed by atoms with van der Waals surface area (Å²) in [7, 11) is 0. The Bertz CT molecular complexity index is 3590. The molecule has 12 aromatic rings. The number of nitrogens with zero attached hydrogens (tertiary/aromatic N) is 1. The van der Waals surface area contributed by atoms with Gasteiger partial charge in [-0.2, -0.15) is 0 Å². The Labute approximate surface area is 357 Å². The van der Waals surface area contributed by atoms with E-state index in [0.717, 1.165) is 50.1 Å². The monoisotopic (exact) mass is 795 g/mol. The average molecular weight is 796 g/mol. The summed E-state index contributed by atoms with van der Waals surface area (Å²) >= 11 is 1.86. The van der Waals surface area contributed by atoms with Crippen LogP contribution in [-0.4, -0.2) is 0 Å². The van der Waals surface area contributed by atoms with Gasteiger partial charge in [0.05, 0.1) is 0 Å². The zero-order valence-electron chi connectivity index (χ0n) is 33.1. The highest BCUT2D eigenvalue weighted by Gasteiger charge is 2.18. The van der Waals surface area contributed by atoms with Crippen LogP contribution in [0.3, 0.4) is 0 Å². The first-order valence-electron chi connectivity index (χ1n) is 20.7. The normalized spacial score (nSPS) is 11.6. The van der Waals surface area contributed by atoms with Crippen LogP contribution < -0.4 is 4.90 Å². The second-order valence-corrected chi connectivity index (χ2v) is 16.8. The fraction of sp³-hybridized carbons (Fsp3) is 0. The molecule has 0 N–H and O–H groups in total. The van der Waals surface area contributed by atoms with Gasteiger partial charge in [0, 0.05) is 48.0 Å². The van der Waals surface area contributed by atoms with Gasteiger partial charge >= 0.3 is 0 Å². The molecule has 61 heavy (non-hydrogen) atoms. The lowest BCUT2D eigenvalue weighted by Gasteiger charge is -2.27. The van der Waals surface area contributed by atoms with Gasteiger partial charge in [-0.15, -0.1) is 11.3 Å². The second kappa shape index (κ2) is 14.5. The Balaban J connectivity index is 0.949. The van der Waals surface area contributed by atoms with Crippen molar-refractivity contribution in [1.82, 2.24) is 0 Å². The van der Waals surface area contributed by atoms with E-state index in [1.807, 2.05) is 23.5 Å². The van der Waals surface area contributed by atoms with Crippen LogP contribution in [0.1, 0.15) is 0 Å². The topological polar surface area (TPSA) is 16.4 Å². The van der Waals surface area contributed by atoms with E-state index in [2.05, 4.69) is 217 Å². The van der Waals surface area contributed by atoms with E-state index < -0.39 is 0 Å². The van der Waals surface area contributed by atoms with E-state index in [0.29, 0.717) is 0 Å². The minimum absolute atomic E-state index is 0.899. The molecule has 286 valence electrons. The van der Waals surface area contributed by atoms with Crippen molar-refractivity contribution in [2.75, 3.05) is 4.90 Å². The molecule has 2 nitrogen and oxygen atoms in total. The lowest BCUT2D eigenvalue weighted by molar-refractivity contribution is 0.669. The standard InChI is InChI=1S/C58H37NOS/c1-2-11-42-34-44(27-26-38(42)10-1)41-24-22-39(23-25-41)40-28-31-47(32-29-40)59(48-14-7-12-43(35-48)45-30-33-55-53(37-45)51-16-3-5-19-54(51)60-55)49-15-8-13-46(36-49)50-18-9-21-57-58(50)52-17-4-6-20-56(52)61-57/h1-37H. The van der Waals surface area contributed by atoms with E-state index in [4.69, 9.17) is 4.42 Å². The third-order valence-electron chi connectivity index (χ3n) is 12.1. The van der Waals surface area contributed by atoms with Gasteiger partial charge < -0.3 is 9.32 Å². The molecule has 0 bridgehead atoms. The van der Waals surface area contributed by atoms with Gasteiger partial charge in [-0.25, -0.2) is 0 Å². The number of thiophene rings is 1. The van der Waals surface area contributed by atoms with Crippen molar-refractivity contribution < 1.29 is 4.42 Å². The number of benzene rings is 10. The van der Waals surface area contributed by atoms with Gasteiger partial charge in [-0.05, 0) is 128 Å². The summed E-state index contributed by atoms with van der Waals surface area (Å²) in [6.45, 7) is 0. The molecule has 0 aliphatic heterocycles. The summed E-state index contributed by atoms with van der Waals surface area (Å²) in [5.41, 5.74) is 14.6. The van der Waals surface area contributed by atoms with Crippen molar-refractivity contribution >= 4 is 81.3 Å². The molecule has 2 aromatic heterocycles. The molecule has 0 aliphatic carbocycles. The van der Waals surface area contributed by atoms with Crippen molar-refractivity contribution in [1.29, 1.82) is 0 Å². The van der Waals surface area contributed by atoms with E-state index in [1.54, 1.807) is 0 Å². The minimum atomic E-state index is 0.899. The molecule has 0 saturated heterocycles. The number of anilines is 3. The lowest BCUT2D eigenvalue weighted by Crippen LogP contribution is -2.10. The molecule has 12 rings (SSSR count). The predicted molar refractivity (Wildman–Crippen MR) is 261 cm³/mol. The fourth-order valence-corrected chi connectivity index (χ4v) is 10.2. The molecule has 0 saturated carbocycles. The molecule has 0 fully saturated rings. The molecule has 0 radical (unpaired) electrons. The largest absolute Gasteiger partial charge is 0.456 e. The van der Waals surface area contributed by atoms with E-state index >= 15 is 0 Å². The quantitative estimate of drug-likeness (QED) is 0.160. The molecule has 0 atom stereocenters. The van der Waals surface area contributed by atoms with Crippen molar-refractivity contribution in [3.05, 3.63) is 224 Å². The van der Waals surface area contributed by atoms with Crippen LogP contribution in [0.5, 0.6) is 0 Å². The molecule has 3 heteroatoms. The molecule has 10 aromatic carbocycles. The summed E-state index contributed by atoms with van der Waals surface area (Å²) in [4.78, 5) is 2.39. The first-order valence-corrected chi connectivity index (χ1v) is 21.5. The van der Waals surface area contributed by atoms with Gasteiger partial charge in [0.1, 0.15) is 11.2 Å². The Hall–Kier alpha value is -7.72. The van der Waals surface area contributed by atoms with Crippen LogP contribution in [0.25, 0.3) is 97.4 Å². The van der Waals surface area contributed by atoms with Gasteiger partial charge in [0.25, 0.3) is 0 Å². The summed E-state index contributed by atoms with van der Waals surface area (Å²) in [5, 5.41) is 7.38. The Kier molecular flexibility index (Phi) is 8.39. The number of hydrogen-bond donors (Lipinski definition) is 0. The molecule has 0 amide bonds. The lowest BCUT2D eigenvalue weighted by atomic mass is 9.97. The van der Waals surface area contributed by atoms with E-state index in [9.17, 15) is 0 Å². The first kappa shape index (κ1) is 35.2. The van der Waals surface area contributed by atoms with Crippen LogP contribution in [0.15, 0.2) is 229 Å². The summed E-state index contributed by atoms with van der Waals surface area (Å²) in [6, 6.07) is 81.3. The van der Waals surface area contributed by atoms with E-state index in [1.165, 1.54) is 64.3 Å². The van der Waals surface area contributed by atoms with Crippen LogP contribution >= 0.6 is 11.3 Å². The first-order chi connectivity index (χ1) is 30.2. The molecule has 2 heterocycles. The highest BCUT2D eigenvalue weighted by molar-refractivity contribution is 7.25. The highest BCUT2D eigenvalue weighted by atomic mass is 32.1. The fourth-order valence-electron chi connectivity index (χ4n) is 9.03. The average Bonchev–Trinajstić information content (AvgIpc) is 3.90. The number of furan rings is 1. The number of rotatable bonds is 7. The second-order valence-electron chi connectivity index (χ2n) is 15.7. The van der Waals surface area contributed by atoms with Gasteiger partial charge in [0.2, 0.25) is 0 Å². The van der Waals surface area contributed by atoms with Crippen molar-refractivity contribution in [2.24, 2.45) is 0 Å². The summed E-state index contributed by atoms with van der Waals surface area (Å²) < 4.78 is 8.80. The smallest absolute Gasteiger partial charge is 0.135 e. The third-order valence-corrected chi connectivity index (χ3v) is 13.2. The van der Waals surface area contributed by atoms with Crippen molar-refractivity contribution in [3.63, 3.8) is 0 Å². The third kappa shape index (κ3) is 6.26. The van der Waals surface area contributed by atoms with Crippen LogP contribution in [0.2, 0.25) is 0 Å². The minimum Gasteiger partial charge on any atom is -0.456 e. The van der Waals surface area contributed by atoms with Gasteiger partial charge in [0.15, 0.2) is 0 Å². The van der Waals surface area contributed by atoms with Crippen molar-refractivity contribution in [2.45, 2.75) is 0 Å². The molecule has 0 aliphatic rings. The summed E-state index contributed by atoms with van der Waals surface area (Å²) in [6.07, 6.45) is 0. The number of para-hydroxylation sites is 1. The molecular weight excluding hydrogens is 759 g/mol. The highest BCUT2D eigenvalue weighted by Crippen LogP contribution is 2.43. The zero-order chi connectivity index (χ0) is 40.3. The Morgan fingerprint density at radius 3 is 1.69 bits per heavy atom.